The molecule has 0 aliphatic carbocycles. The summed E-state index contributed by atoms with van der Waals surface area (Å²) in [6.45, 7) is 7.08. The molecular weight excluding hydrogens is 438 g/mol. The molecule has 0 radical (unpaired) electrons. The number of fused-ring (bicyclic) bond motifs is 2. The van der Waals surface area contributed by atoms with E-state index in [1.54, 1.807) is 0 Å². The second-order valence-corrected chi connectivity index (χ2v) is 10.1. The van der Waals surface area contributed by atoms with Crippen LogP contribution in [-0.4, -0.2) is 66.1 Å². The fraction of sp³-hybridized carbons (Fsp3) is 0.414. The van der Waals surface area contributed by atoms with E-state index < -0.39 is 0 Å². The number of nitrogens with one attached hydrogen (secondary N) is 1. The highest BCUT2D eigenvalue weighted by Gasteiger charge is 2.30. The standard InChI is InChI=1S/C29H33N3O3/c1-20-6-7-26-22(16-20)17-27(30-26)29(33)32-14-15-34-18-23(32)10-13-31-11-8-21(9-12-31)25-19-35-28-5-3-2-4-24(25)28/h2-7,16-17,19,21,23,30H,8-15,18H2,1H3/t23-/m1/s1. The van der Waals surface area contributed by atoms with E-state index in [4.69, 9.17) is 9.15 Å². The van der Waals surface area contributed by atoms with Gasteiger partial charge >= 0.3 is 0 Å². The fourth-order valence-electron chi connectivity index (χ4n) is 5.80. The first-order chi connectivity index (χ1) is 17.2. The minimum absolute atomic E-state index is 0.0812. The van der Waals surface area contributed by atoms with Gasteiger partial charge in [0.2, 0.25) is 0 Å². The highest BCUT2D eigenvalue weighted by atomic mass is 16.5. The van der Waals surface area contributed by atoms with E-state index in [1.165, 1.54) is 16.5 Å². The molecular formula is C29H33N3O3. The first-order valence-electron chi connectivity index (χ1n) is 12.8. The molecule has 35 heavy (non-hydrogen) atoms. The molecule has 0 spiro atoms. The van der Waals surface area contributed by atoms with Crippen LogP contribution in [0.1, 0.15) is 46.8 Å². The Morgan fingerprint density at radius 1 is 1.09 bits per heavy atom. The van der Waals surface area contributed by atoms with Crippen molar-refractivity contribution in [2.75, 3.05) is 39.4 Å². The molecule has 6 nitrogen and oxygen atoms in total. The normalized spacial score (nSPS) is 20.1. The van der Waals surface area contributed by atoms with Gasteiger partial charge in [-0.05, 0) is 69.5 Å². The summed E-state index contributed by atoms with van der Waals surface area (Å²) in [6.07, 6.45) is 5.17. The molecule has 6 rings (SSSR count). The number of carbonyl (C=O) groups is 1. The van der Waals surface area contributed by atoms with E-state index in [0.717, 1.165) is 55.4 Å². The molecule has 2 saturated heterocycles. The maximum atomic E-state index is 13.4. The summed E-state index contributed by atoms with van der Waals surface area (Å²) in [5.74, 6) is 0.634. The smallest absolute Gasteiger partial charge is 0.270 e. The topological polar surface area (TPSA) is 61.7 Å². The summed E-state index contributed by atoms with van der Waals surface area (Å²) in [5, 5.41) is 2.35. The van der Waals surface area contributed by atoms with Crippen LogP contribution in [0.5, 0.6) is 0 Å². The lowest BCUT2D eigenvalue weighted by atomic mass is 9.89. The van der Waals surface area contributed by atoms with Crippen LogP contribution in [0.2, 0.25) is 0 Å². The summed E-state index contributed by atoms with van der Waals surface area (Å²) in [5.41, 5.74) is 5.22. The largest absolute Gasteiger partial charge is 0.464 e. The van der Waals surface area contributed by atoms with Gasteiger partial charge in [-0.1, -0.05) is 29.8 Å². The summed E-state index contributed by atoms with van der Waals surface area (Å²) in [4.78, 5) is 21.3. The Morgan fingerprint density at radius 2 is 1.94 bits per heavy atom. The molecule has 2 aromatic heterocycles. The van der Waals surface area contributed by atoms with Gasteiger partial charge in [-0.25, -0.2) is 0 Å². The number of para-hydroxylation sites is 1. The lowest BCUT2D eigenvalue weighted by Crippen LogP contribution is -2.50. The van der Waals surface area contributed by atoms with E-state index in [0.29, 0.717) is 31.4 Å². The number of furan rings is 1. The second kappa shape index (κ2) is 9.51. The molecule has 4 aromatic rings. The molecule has 0 bridgehead atoms. The van der Waals surface area contributed by atoms with Gasteiger partial charge in [0.25, 0.3) is 5.91 Å². The van der Waals surface area contributed by atoms with Crippen molar-refractivity contribution in [1.82, 2.24) is 14.8 Å². The van der Waals surface area contributed by atoms with Gasteiger partial charge in [-0.15, -0.1) is 0 Å². The molecule has 0 unspecified atom stereocenters. The molecule has 4 heterocycles. The zero-order valence-electron chi connectivity index (χ0n) is 20.3. The molecule has 0 saturated carbocycles. The van der Waals surface area contributed by atoms with Crippen molar-refractivity contribution in [3.63, 3.8) is 0 Å². The highest BCUT2D eigenvalue weighted by molar-refractivity contribution is 5.98. The van der Waals surface area contributed by atoms with Crippen LogP contribution in [-0.2, 0) is 4.74 Å². The Bertz CT molecular complexity index is 1330. The van der Waals surface area contributed by atoms with Crippen molar-refractivity contribution in [2.45, 2.75) is 38.1 Å². The first-order valence-corrected chi connectivity index (χ1v) is 12.8. The van der Waals surface area contributed by atoms with Crippen molar-refractivity contribution in [2.24, 2.45) is 0 Å². The summed E-state index contributed by atoms with van der Waals surface area (Å²) in [7, 11) is 0. The molecule has 6 heteroatoms. The van der Waals surface area contributed by atoms with Crippen LogP contribution >= 0.6 is 0 Å². The van der Waals surface area contributed by atoms with Crippen LogP contribution in [0.15, 0.2) is 59.2 Å². The van der Waals surface area contributed by atoms with Gasteiger partial charge in [0.1, 0.15) is 11.3 Å². The third-order valence-corrected chi connectivity index (χ3v) is 7.81. The van der Waals surface area contributed by atoms with Crippen LogP contribution in [0.25, 0.3) is 21.9 Å². The van der Waals surface area contributed by atoms with E-state index in [9.17, 15) is 4.79 Å². The predicted octanol–water partition coefficient (Wildman–Crippen LogP) is 5.33. The first kappa shape index (κ1) is 22.4. The average molecular weight is 472 g/mol. The van der Waals surface area contributed by atoms with Gasteiger partial charge in [0.15, 0.2) is 0 Å². The van der Waals surface area contributed by atoms with E-state index in [-0.39, 0.29) is 11.9 Å². The van der Waals surface area contributed by atoms with Crippen LogP contribution in [0.4, 0.5) is 0 Å². The van der Waals surface area contributed by atoms with Gasteiger partial charge in [0, 0.05) is 34.9 Å². The third kappa shape index (κ3) is 4.48. The van der Waals surface area contributed by atoms with Crippen LogP contribution in [0, 0.1) is 6.92 Å². The van der Waals surface area contributed by atoms with E-state index >= 15 is 0 Å². The number of benzene rings is 2. The Labute approximate surface area is 205 Å². The molecule has 1 amide bonds. The van der Waals surface area contributed by atoms with Crippen molar-refractivity contribution in [3.05, 3.63) is 71.6 Å². The highest BCUT2D eigenvalue weighted by Crippen LogP contribution is 2.34. The lowest BCUT2D eigenvalue weighted by molar-refractivity contribution is -0.00749. The number of aromatic nitrogens is 1. The number of nitrogens with zero attached hydrogens (tertiary/aromatic N) is 2. The number of likely N-dealkylation sites (tertiary alicyclic amines) is 1. The van der Waals surface area contributed by atoms with E-state index in [2.05, 4.69) is 41.1 Å². The number of aryl methyl sites for hydroxylation is 1. The minimum atomic E-state index is 0.0812. The van der Waals surface area contributed by atoms with Crippen molar-refractivity contribution < 1.29 is 13.9 Å². The monoisotopic (exact) mass is 471 g/mol. The number of piperidine rings is 1. The van der Waals surface area contributed by atoms with Crippen molar-refractivity contribution in [3.8, 4) is 0 Å². The minimum Gasteiger partial charge on any atom is -0.464 e. The van der Waals surface area contributed by atoms with Gasteiger partial charge < -0.3 is 23.9 Å². The molecule has 2 aliphatic heterocycles. The number of rotatable bonds is 5. The van der Waals surface area contributed by atoms with Crippen molar-refractivity contribution >= 4 is 27.8 Å². The maximum absolute atomic E-state index is 13.4. The summed E-state index contributed by atoms with van der Waals surface area (Å²) >= 11 is 0. The lowest BCUT2D eigenvalue weighted by Gasteiger charge is -2.38. The maximum Gasteiger partial charge on any atom is 0.270 e. The second-order valence-electron chi connectivity index (χ2n) is 10.1. The Morgan fingerprint density at radius 3 is 2.83 bits per heavy atom. The van der Waals surface area contributed by atoms with Crippen molar-refractivity contribution in [1.29, 1.82) is 0 Å². The number of carbonyl (C=O) groups excluding carboxylic acids is 1. The van der Waals surface area contributed by atoms with Crippen LogP contribution < -0.4 is 0 Å². The Hall–Kier alpha value is -3.09. The zero-order chi connectivity index (χ0) is 23.8. The zero-order valence-corrected chi connectivity index (χ0v) is 20.3. The number of hydrogen-bond donors (Lipinski definition) is 1. The number of ether oxygens (including phenoxy) is 1. The molecule has 2 aromatic carbocycles. The third-order valence-electron chi connectivity index (χ3n) is 7.81. The van der Waals surface area contributed by atoms with Gasteiger partial charge in [-0.3, -0.25) is 4.79 Å². The van der Waals surface area contributed by atoms with Gasteiger partial charge in [0.05, 0.1) is 25.5 Å². The predicted molar refractivity (Wildman–Crippen MR) is 138 cm³/mol. The van der Waals surface area contributed by atoms with Crippen LogP contribution in [0.3, 0.4) is 0 Å². The summed E-state index contributed by atoms with van der Waals surface area (Å²) < 4.78 is 11.6. The number of hydrogen-bond acceptors (Lipinski definition) is 4. The average Bonchev–Trinajstić information content (AvgIpc) is 3.52. The number of aromatic amines is 1. The van der Waals surface area contributed by atoms with Gasteiger partial charge in [-0.2, -0.15) is 0 Å². The molecule has 1 N–H and O–H groups in total. The Kier molecular flexibility index (Phi) is 6.08. The fourth-order valence-corrected chi connectivity index (χ4v) is 5.80. The molecule has 182 valence electrons. The number of amides is 1. The Balaban J connectivity index is 1.07. The molecule has 2 fully saturated rings. The number of morpholine rings is 1. The molecule has 1 atom stereocenters. The summed E-state index contributed by atoms with van der Waals surface area (Å²) in [6, 6.07) is 16.7. The van der Waals surface area contributed by atoms with E-state index in [1.807, 2.05) is 35.4 Å². The quantitative estimate of drug-likeness (QED) is 0.427. The number of H-pyrrole nitrogens is 1. The SMILES string of the molecule is Cc1ccc2[nH]c(C(=O)N3CCOC[C@H]3CCN3CCC(c4coc5ccccc45)CC3)cc2c1. The molecule has 2 aliphatic rings.